The zero-order valence-corrected chi connectivity index (χ0v) is 17.6. The highest BCUT2D eigenvalue weighted by molar-refractivity contribution is 5.66. The molecule has 0 bridgehead atoms. The molecule has 7 nitrogen and oxygen atoms in total. The van der Waals surface area contributed by atoms with Gasteiger partial charge in [0.15, 0.2) is 0 Å². The Morgan fingerprint density at radius 2 is 1.87 bits per heavy atom. The van der Waals surface area contributed by atoms with Crippen LogP contribution in [-0.4, -0.2) is 59.1 Å². The topological polar surface area (TPSA) is 105 Å². The van der Waals surface area contributed by atoms with Gasteiger partial charge in [0.25, 0.3) is 0 Å². The molecule has 1 heterocycles. The van der Waals surface area contributed by atoms with Gasteiger partial charge in [0.05, 0.1) is 25.4 Å². The molecule has 3 N–H and O–H groups in total. The molecule has 0 spiro atoms. The Bertz CT molecular complexity index is 740. The van der Waals surface area contributed by atoms with Gasteiger partial charge in [0.1, 0.15) is 12.4 Å². The monoisotopic (exact) mass is 432 g/mol. The summed E-state index contributed by atoms with van der Waals surface area (Å²) in [4.78, 5) is 10.6. The standard InChI is InChI=1S/C24H32O7/c25-21-16-22(26)20(19(21)10-6-1-2-7-11-23(27)28)12-13-24(30-14-15-31-24)17-29-18-8-4-3-5-9-18/h1,3-6,8-9,12-13,19-22,25-26H,2,7,10-11,14-17H2,(H,27,28)/b6-1-,13-12+/t19?,20-,21?,22?/m1/s1. The maximum absolute atomic E-state index is 10.6. The van der Waals surface area contributed by atoms with Crippen molar-refractivity contribution in [1.82, 2.24) is 0 Å². The highest BCUT2D eigenvalue weighted by Crippen LogP contribution is 2.37. The SMILES string of the molecule is O=C(O)CCC/C=C\CC1C(O)CC(O)[C@@H]1/C=C/C1(COc2ccccc2)OCCO1. The Morgan fingerprint density at radius 1 is 1.13 bits per heavy atom. The van der Waals surface area contributed by atoms with Gasteiger partial charge in [0.2, 0.25) is 5.79 Å². The first-order valence-electron chi connectivity index (χ1n) is 10.9. The fourth-order valence-corrected chi connectivity index (χ4v) is 4.11. The number of aliphatic hydroxyl groups is 2. The molecule has 4 atom stereocenters. The van der Waals surface area contributed by atoms with E-state index in [1.54, 1.807) is 6.08 Å². The highest BCUT2D eigenvalue weighted by Gasteiger charge is 2.41. The fourth-order valence-electron chi connectivity index (χ4n) is 4.11. The van der Waals surface area contributed by atoms with Crippen molar-refractivity contribution in [2.75, 3.05) is 19.8 Å². The quantitative estimate of drug-likeness (QED) is 0.365. The van der Waals surface area contributed by atoms with Gasteiger partial charge in [-0.05, 0) is 43.4 Å². The molecule has 3 unspecified atom stereocenters. The number of rotatable bonds is 11. The van der Waals surface area contributed by atoms with Crippen LogP contribution in [0.25, 0.3) is 0 Å². The van der Waals surface area contributed by atoms with Crippen LogP contribution in [0.15, 0.2) is 54.6 Å². The van der Waals surface area contributed by atoms with Crippen LogP contribution in [0.2, 0.25) is 0 Å². The molecule has 1 aliphatic carbocycles. The number of carboxylic acids is 1. The van der Waals surface area contributed by atoms with Crippen molar-refractivity contribution < 1.29 is 34.3 Å². The minimum atomic E-state index is -1.01. The highest BCUT2D eigenvalue weighted by atomic mass is 16.8. The Labute approximate surface area is 182 Å². The van der Waals surface area contributed by atoms with Crippen molar-refractivity contribution in [3.05, 3.63) is 54.6 Å². The number of aliphatic carboxylic acids is 1. The Hall–Kier alpha value is -2.19. The minimum Gasteiger partial charge on any atom is -0.488 e. The van der Waals surface area contributed by atoms with Crippen LogP contribution in [0.1, 0.15) is 32.1 Å². The zero-order chi connectivity index (χ0) is 22.1. The number of carboxylic acid groups (broad SMARTS) is 1. The number of carbonyl (C=O) groups is 1. The van der Waals surface area contributed by atoms with E-state index in [0.29, 0.717) is 38.9 Å². The number of para-hydroxylation sites is 1. The van der Waals surface area contributed by atoms with Gasteiger partial charge in [-0.3, -0.25) is 4.79 Å². The lowest BCUT2D eigenvalue weighted by molar-refractivity contribution is -0.139. The lowest BCUT2D eigenvalue weighted by Gasteiger charge is -2.26. The summed E-state index contributed by atoms with van der Waals surface area (Å²) < 4.78 is 17.5. The van der Waals surface area contributed by atoms with Crippen LogP contribution < -0.4 is 4.74 Å². The summed E-state index contributed by atoms with van der Waals surface area (Å²) in [5.41, 5.74) is 0. The van der Waals surface area contributed by atoms with Crippen LogP contribution in [-0.2, 0) is 14.3 Å². The summed E-state index contributed by atoms with van der Waals surface area (Å²) in [6.45, 7) is 1.11. The molecule has 1 aromatic carbocycles. The van der Waals surface area contributed by atoms with Gasteiger partial charge >= 0.3 is 5.97 Å². The average molecular weight is 433 g/mol. The molecule has 1 aromatic rings. The van der Waals surface area contributed by atoms with Crippen LogP contribution >= 0.6 is 0 Å². The maximum atomic E-state index is 10.6. The van der Waals surface area contributed by atoms with E-state index >= 15 is 0 Å². The van der Waals surface area contributed by atoms with E-state index in [2.05, 4.69) is 0 Å². The number of unbranched alkanes of at least 4 members (excludes halogenated alkanes) is 1. The molecule has 2 fully saturated rings. The fraction of sp³-hybridized carbons (Fsp3) is 0.542. The van der Waals surface area contributed by atoms with E-state index in [0.717, 1.165) is 5.75 Å². The van der Waals surface area contributed by atoms with E-state index in [-0.39, 0.29) is 24.9 Å². The lowest BCUT2D eigenvalue weighted by atomic mass is 9.89. The summed E-state index contributed by atoms with van der Waals surface area (Å²) in [5.74, 6) is -1.46. The maximum Gasteiger partial charge on any atom is 0.303 e. The predicted molar refractivity (Wildman–Crippen MR) is 115 cm³/mol. The molecule has 3 rings (SSSR count). The lowest BCUT2D eigenvalue weighted by Crippen LogP contribution is -2.35. The second kappa shape index (κ2) is 11.4. The number of hydrogen-bond donors (Lipinski definition) is 3. The summed E-state index contributed by atoms with van der Waals surface area (Å²) >= 11 is 0. The molecule has 1 aliphatic heterocycles. The molecule has 1 saturated heterocycles. The molecule has 0 radical (unpaired) electrons. The Morgan fingerprint density at radius 3 is 2.58 bits per heavy atom. The van der Waals surface area contributed by atoms with Crippen molar-refractivity contribution in [3.8, 4) is 5.75 Å². The van der Waals surface area contributed by atoms with Crippen molar-refractivity contribution in [1.29, 1.82) is 0 Å². The average Bonchev–Trinajstić information content (AvgIpc) is 3.32. The van der Waals surface area contributed by atoms with Gasteiger partial charge in [0, 0.05) is 18.8 Å². The molecule has 7 heteroatoms. The molecule has 0 aromatic heterocycles. The third kappa shape index (κ3) is 6.90. The van der Waals surface area contributed by atoms with Gasteiger partial charge in [-0.2, -0.15) is 0 Å². The second-order valence-electron chi connectivity index (χ2n) is 8.07. The Kier molecular flexibility index (Phi) is 8.66. The van der Waals surface area contributed by atoms with Crippen LogP contribution in [0.3, 0.4) is 0 Å². The number of allylic oxidation sites excluding steroid dienone is 2. The summed E-state index contributed by atoms with van der Waals surface area (Å²) in [5, 5.41) is 29.6. The van der Waals surface area contributed by atoms with E-state index in [1.165, 1.54) is 0 Å². The van der Waals surface area contributed by atoms with Crippen molar-refractivity contribution in [3.63, 3.8) is 0 Å². The van der Waals surface area contributed by atoms with Gasteiger partial charge in [-0.25, -0.2) is 0 Å². The molecular formula is C24H32O7. The zero-order valence-electron chi connectivity index (χ0n) is 17.6. The first kappa shape index (κ1) is 23.5. The van der Waals surface area contributed by atoms with E-state index in [4.69, 9.17) is 19.3 Å². The van der Waals surface area contributed by atoms with Crippen molar-refractivity contribution >= 4 is 5.97 Å². The molecule has 1 saturated carbocycles. The number of aliphatic hydroxyl groups excluding tert-OH is 2. The summed E-state index contributed by atoms with van der Waals surface area (Å²) in [6, 6.07) is 9.43. The van der Waals surface area contributed by atoms with Crippen molar-refractivity contribution in [2.24, 2.45) is 11.8 Å². The summed E-state index contributed by atoms with van der Waals surface area (Å²) in [6.07, 6.45) is 8.68. The molecular weight excluding hydrogens is 400 g/mol. The second-order valence-corrected chi connectivity index (χ2v) is 8.07. The molecule has 2 aliphatic rings. The largest absolute Gasteiger partial charge is 0.488 e. The minimum absolute atomic E-state index is 0.129. The van der Waals surface area contributed by atoms with Crippen LogP contribution in [0.4, 0.5) is 0 Å². The summed E-state index contributed by atoms with van der Waals surface area (Å²) in [7, 11) is 0. The van der Waals surface area contributed by atoms with Gasteiger partial charge in [-0.15, -0.1) is 0 Å². The predicted octanol–water partition coefficient (Wildman–Crippen LogP) is 2.92. The van der Waals surface area contributed by atoms with Crippen molar-refractivity contribution in [2.45, 2.75) is 50.1 Å². The van der Waals surface area contributed by atoms with Crippen LogP contribution in [0, 0.1) is 11.8 Å². The third-order valence-electron chi connectivity index (χ3n) is 5.78. The normalized spacial score (nSPS) is 27.9. The number of hydrogen-bond acceptors (Lipinski definition) is 6. The Balaban J connectivity index is 1.59. The number of ether oxygens (including phenoxy) is 3. The van der Waals surface area contributed by atoms with Gasteiger partial charge in [-0.1, -0.05) is 36.4 Å². The van der Waals surface area contributed by atoms with Crippen LogP contribution in [0.5, 0.6) is 5.75 Å². The van der Waals surface area contributed by atoms with E-state index < -0.39 is 24.0 Å². The number of benzene rings is 1. The molecule has 31 heavy (non-hydrogen) atoms. The smallest absolute Gasteiger partial charge is 0.303 e. The van der Waals surface area contributed by atoms with E-state index in [9.17, 15) is 15.0 Å². The third-order valence-corrected chi connectivity index (χ3v) is 5.78. The first-order valence-corrected chi connectivity index (χ1v) is 10.9. The first-order chi connectivity index (χ1) is 15.0. The molecule has 170 valence electrons. The van der Waals surface area contributed by atoms with Gasteiger partial charge < -0.3 is 29.5 Å². The molecule has 0 amide bonds. The van der Waals surface area contributed by atoms with E-state index in [1.807, 2.05) is 48.6 Å².